The molecule has 0 spiro atoms. The number of carbonyl (C=O) groups excluding carboxylic acids is 1. The van der Waals surface area contributed by atoms with E-state index in [1.807, 2.05) is 11.6 Å². The van der Waals surface area contributed by atoms with Crippen LogP contribution in [0.15, 0.2) is 4.99 Å². The second-order valence-electron chi connectivity index (χ2n) is 7.85. The number of aromatic nitrogens is 2. The molecule has 0 saturated carbocycles. The molecule has 0 bridgehead atoms. The first-order chi connectivity index (χ1) is 11.2. The summed E-state index contributed by atoms with van der Waals surface area (Å²) in [6.45, 7) is 14.0. The maximum atomic E-state index is 12.2. The Morgan fingerprint density at radius 3 is 2.71 bits per heavy atom. The van der Waals surface area contributed by atoms with Crippen molar-refractivity contribution in [3.63, 3.8) is 0 Å². The van der Waals surface area contributed by atoms with Crippen LogP contribution < -0.4 is 10.1 Å². The molecule has 1 aromatic heterocycles. The second-order valence-corrected chi connectivity index (χ2v) is 8.81. The zero-order valence-electron chi connectivity index (χ0n) is 15.6. The highest BCUT2D eigenvalue weighted by Crippen LogP contribution is 2.22. The van der Waals surface area contributed by atoms with E-state index in [4.69, 9.17) is 9.84 Å². The monoisotopic (exact) mass is 354 g/mol. The summed E-state index contributed by atoms with van der Waals surface area (Å²) in [6, 6.07) is -0.218. The van der Waals surface area contributed by atoms with Crippen LogP contribution in [-0.2, 0) is 16.7 Å². The van der Waals surface area contributed by atoms with E-state index in [-0.39, 0.29) is 23.6 Å². The van der Waals surface area contributed by atoms with Crippen molar-refractivity contribution in [3.8, 4) is 0 Å². The first-order valence-corrected chi connectivity index (χ1v) is 9.53. The van der Waals surface area contributed by atoms with Gasteiger partial charge in [0.15, 0.2) is 0 Å². The Balaban J connectivity index is 2.26. The van der Waals surface area contributed by atoms with Crippen LogP contribution in [0.4, 0.5) is 4.79 Å². The highest BCUT2D eigenvalue weighted by atomic mass is 32.1. The molecule has 1 aliphatic heterocycles. The smallest absolute Gasteiger partial charge is 0.343 e. The molecule has 1 N–H and O–H groups in total. The predicted octanol–water partition coefficient (Wildman–Crippen LogP) is 3.08. The maximum Gasteiger partial charge on any atom is 0.343 e. The van der Waals surface area contributed by atoms with Gasteiger partial charge in [0, 0.05) is 18.1 Å². The number of carbonyl (C=O) groups is 1. The van der Waals surface area contributed by atoms with E-state index < -0.39 is 0 Å². The van der Waals surface area contributed by atoms with Crippen molar-refractivity contribution in [3.05, 3.63) is 9.81 Å². The van der Waals surface area contributed by atoms with Crippen molar-refractivity contribution in [1.29, 1.82) is 0 Å². The molecule has 1 unspecified atom stereocenters. The Labute approximate surface area is 148 Å². The van der Waals surface area contributed by atoms with Gasteiger partial charge < -0.3 is 10.1 Å². The van der Waals surface area contributed by atoms with Gasteiger partial charge in [-0.25, -0.2) is 9.48 Å². The lowest BCUT2D eigenvalue weighted by Gasteiger charge is -2.15. The molecule has 1 saturated heterocycles. The van der Waals surface area contributed by atoms with Gasteiger partial charge in [0.05, 0.1) is 12.6 Å². The Kier molecular flexibility index (Phi) is 6.20. The summed E-state index contributed by atoms with van der Waals surface area (Å²) in [6.07, 6.45) is 2.28. The molecule has 2 rings (SSSR count). The number of hydrogen-bond acceptors (Lipinski definition) is 4. The first kappa shape index (κ1) is 19.1. The molecule has 2 amide bonds. The number of rotatable bonds is 4. The van der Waals surface area contributed by atoms with Gasteiger partial charge in [0.25, 0.3) is 0 Å². The Morgan fingerprint density at radius 2 is 2.17 bits per heavy atom. The number of nitrogens with one attached hydrogen (secondary N) is 1. The quantitative estimate of drug-likeness (QED) is 0.903. The predicted molar refractivity (Wildman–Crippen MR) is 96.2 cm³/mol. The van der Waals surface area contributed by atoms with Gasteiger partial charge in [0.1, 0.15) is 5.01 Å². The first-order valence-electron chi connectivity index (χ1n) is 8.72. The Morgan fingerprint density at radius 1 is 1.46 bits per heavy atom. The lowest BCUT2D eigenvalue weighted by atomic mass is 9.98. The zero-order valence-corrected chi connectivity index (χ0v) is 16.4. The van der Waals surface area contributed by atoms with Crippen LogP contribution in [0.25, 0.3) is 0 Å². The lowest BCUT2D eigenvalue weighted by molar-refractivity contribution is 0.0928. The minimum absolute atomic E-state index is 0.0710. The molecule has 24 heavy (non-hydrogen) atoms. The summed E-state index contributed by atoms with van der Waals surface area (Å²) in [7, 11) is 0. The highest BCUT2D eigenvalue weighted by Gasteiger charge is 2.23. The molecule has 2 atom stereocenters. The van der Waals surface area contributed by atoms with Crippen LogP contribution in [-0.4, -0.2) is 34.6 Å². The van der Waals surface area contributed by atoms with Gasteiger partial charge >= 0.3 is 6.03 Å². The number of urea groups is 1. The van der Waals surface area contributed by atoms with E-state index in [1.54, 1.807) is 0 Å². The van der Waals surface area contributed by atoms with Gasteiger partial charge in [-0.05, 0) is 25.7 Å². The minimum atomic E-state index is -0.304. The summed E-state index contributed by atoms with van der Waals surface area (Å²) in [5.74, 6) is 0.370. The lowest BCUT2D eigenvalue weighted by Crippen LogP contribution is -2.36. The molecule has 6 nitrogen and oxygen atoms in total. The molecular weight excluding hydrogens is 324 g/mol. The maximum absolute atomic E-state index is 12.2. The van der Waals surface area contributed by atoms with Gasteiger partial charge in [-0.1, -0.05) is 46.0 Å². The molecule has 0 aromatic carbocycles. The fourth-order valence-electron chi connectivity index (χ4n) is 2.28. The molecule has 7 heteroatoms. The Hall–Kier alpha value is -1.21. The van der Waals surface area contributed by atoms with E-state index in [0.29, 0.717) is 17.3 Å². The van der Waals surface area contributed by atoms with E-state index in [1.165, 1.54) is 11.3 Å². The summed E-state index contributed by atoms with van der Waals surface area (Å²) < 4.78 is 7.54. The van der Waals surface area contributed by atoms with Crippen LogP contribution in [0.2, 0.25) is 0 Å². The highest BCUT2D eigenvalue weighted by molar-refractivity contribution is 7.09. The zero-order chi connectivity index (χ0) is 17.9. The van der Waals surface area contributed by atoms with Crippen LogP contribution >= 0.6 is 11.3 Å². The average Bonchev–Trinajstić information content (AvgIpc) is 3.09. The summed E-state index contributed by atoms with van der Waals surface area (Å²) in [5, 5.41) is 8.59. The van der Waals surface area contributed by atoms with E-state index in [2.05, 4.69) is 44.9 Å². The van der Waals surface area contributed by atoms with Crippen molar-refractivity contribution in [2.75, 3.05) is 6.61 Å². The fraction of sp³-hybridized carbons (Fsp3) is 0.824. The third-order valence-electron chi connectivity index (χ3n) is 4.21. The van der Waals surface area contributed by atoms with Crippen LogP contribution in [0.1, 0.15) is 59.4 Å². The second kappa shape index (κ2) is 7.78. The number of hydrogen-bond donors (Lipinski definition) is 1. The van der Waals surface area contributed by atoms with Crippen molar-refractivity contribution < 1.29 is 9.53 Å². The van der Waals surface area contributed by atoms with E-state index >= 15 is 0 Å². The number of amides is 2. The third kappa shape index (κ3) is 5.14. The van der Waals surface area contributed by atoms with E-state index in [0.717, 1.165) is 24.5 Å². The molecule has 1 aromatic rings. The van der Waals surface area contributed by atoms with Crippen molar-refractivity contribution >= 4 is 17.4 Å². The summed E-state index contributed by atoms with van der Waals surface area (Å²) >= 11 is 1.48. The normalized spacial score (nSPS) is 20.6. The third-order valence-corrected chi connectivity index (χ3v) is 5.58. The van der Waals surface area contributed by atoms with Gasteiger partial charge in [-0.3, -0.25) is 0 Å². The summed E-state index contributed by atoms with van der Waals surface area (Å²) in [5.41, 5.74) is -0.0710. The standard InChI is InChI=1S/C17H30N4O2S/c1-11(2)12(3)18-15(22)19-16-21(10-13-8-7-9-23-13)20-14(24-16)17(4,5)6/h11-13H,7-10H2,1-6H3,(H,18,22)/b19-16-/t12?,13-/m1/s1. The van der Waals surface area contributed by atoms with Gasteiger partial charge in [-0.2, -0.15) is 10.1 Å². The SMILES string of the molecule is CC(C)C(C)NC(=O)/N=c1\sc(C(C)(C)C)nn1C[C@H]1CCCO1. The van der Waals surface area contributed by atoms with Gasteiger partial charge in [-0.15, -0.1) is 0 Å². The molecule has 1 fully saturated rings. The molecule has 0 radical (unpaired) electrons. The van der Waals surface area contributed by atoms with Gasteiger partial charge in [0.2, 0.25) is 4.80 Å². The fourth-order valence-corrected chi connectivity index (χ4v) is 3.24. The number of nitrogens with zero attached hydrogens (tertiary/aromatic N) is 3. The number of ether oxygens (including phenoxy) is 1. The Bertz CT molecular complexity index is 621. The molecule has 2 heterocycles. The topological polar surface area (TPSA) is 68.5 Å². The van der Waals surface area contributed by atoms with Crippen molar-refractivity contribution in [1.82, 2.24) is 15.1 Å². The van der Waals surface area contributed by atoms with Crippen LogP contribution in [0.5, 0.6) is 0 Å². The van der Waals surface area contributed by atoms with Crippen LogP contribution in [0, 0.1) is 5.92 Å². The summed E-state index contributed by atoms with van der Waals surface area (Å²) in [4.78, 5) is 17.1. The van der Waals surface area contributed by atoms with Crippen LogP contribution in [0.3, 0.4) is 0 Å². The van der Waals surface area contributed by atoms with Crippen molar-refractivity contribution in [2.24, 2.45) is 10.9 Å². The molecule has 1 aliphatic rings. The molecular formula is C17H30N4O2S. The molecule has 136 valence electrons. The average molecular weight is 355 g/mol. The van der Waals surface area contributed by atoms with E-state index in [9.17, 15) is 4.79 Å². The molecule has 0 aliphatic carbocycles. The largest absolute Gasteiger partial charge is 0.376 e. The van der Waals surface area contributed by atoms with Crippen molar-refractivity contribution in [2.45, 2.75) is 78.5 Å². The minimum Gasteiger partial charge on any atom is -0.376 e.